The molecule has 1 aliphatic carbocycles. The number of methoxy groups -OCH3 is 2. The number of aromatic hydroxyl groups is 1. The predicted molar refractivity (Wildman–Crippen MR) is 177 cm³/mol. The number of allylic oxidation sites excluding steroid dienone is 2. The molecule has 0 unspecified atom stereocenters. The molecule has 4 rings (SSSR count). The number of aliphatic hydroxyl groups excluding tert-OH is 2. The van der Waals surface area contributed by atoms with Crippen molar-refractivity contribution >= 4 is 18.1 Å². The number of carbonyl (C=O) groups excluding carboxylic acids is 1. The highest BCUT2D eigenvalue weighted by Crippen LogP contribution is 2.55. The van der Waals surface area contributed by atoms with Crippen molar-refractivity contribution in [3.05, 3.63) is 70.1 Å². The summed E-state index contributed by atoms with van der Waals surface area (Å²) in [7, 11) is 2.90. The molecule has 47 heavy (non-hydrogen) atoms. The molecule has 1 fully saturated rings. The molecular weight excluding hydrogens is 602 g/mol. The van der Waals surface area contributed by atoms with Crippen molar-refractivity contribution in [2.24, 2.45) is 16.4 Å². The van der Waals surface area contributed by atoms with E-state index in [9.17, 15) is 20.1 Å². The maximum Gasteiger partial charge on any atom is 0.361 e. The van der Waals surface area contributed by atoms with Gasteiger partial charge in [0.25, 0.3) is 0 Å². The summed E-state index contributed by atoms with van der Waals surface area (Å²) in [6.45, 7) is 9.90. The van der Waals surface area contributed by atoms with E-state index in [-0.39, 0.29) is 24.8 Å². The lowest BCUT2D eigenvalue weighted by Gasteiger charge is -2.56. The fourth-order valence-corrected chi connectivity index (χ4v) is 6.63. The second-order valence-electron chi connectivity index (χ2n) is 13.3. The molecule has 2 aromatic rings. The smallest absolute Gasteiger partial charge is 0.361 e. The van der Waals surface area contributed by atoms with E-state index in [2.05, 4.69) is 9.85 Å². The normalized spacial score (nSPS) is 23.3. The van der Waals surface area contributed by atoms with Crippen LogP contribution in [0, 0.1) is 16.9 Å². The van der Waals surface area contributed by atoms with Gasteiger partial charge in [0.1, 0.15) is 29.9 Å². The maximum absolute atomic E-state index is 11.4. The SMILES string of the molecule is COC(=O)C[NH2+]/C=C(/COc1cc(/C=C/c2cc3c(c(OC)c2)O[C@]2(C)C[C@@H](O)[C@@H](O)C(C)(C)[C@H]2C3)cc(O)c1CC=C(C)C)N=N. The molecule has 0 amide bonds. The number of carbonyl (C=O) groups is 1. The summed E-state index contributed by atoms with van der Waals surface area (Å²) in [5.41, 5.74) is 10.8. The van der Waals surface area contributed by atoms with E-state index in [1.54, 1.807) is 18.5 Å². The van der Waals surface area contributed by atoms with Crippen LogP contribution in [0.15, 0.2) is 52.9 Å². The molecule has 2 aromatic carbocycles. The topological polar surface area (TPSA) is 168 Å². The summed E-state index contributed by atoms with van der Waals surface area (Å²) in [6.07, 6.45) is 6.99. The highest BCUT2D eigenvalue weighted by molar-refractivity contribution is 5.74. The zero-order valence-corrected chi connectivity index (χ0v) is 28.3. The Hall–Kier alpha value is -4.19. The van der Waals surface area contributed by atoms with E-state index in [0.29, 0.717) is 53.3 Å². The number of phenols is 1. The average Bonchev–Trinajstić information content (AvgIpc) is 3.02. The van der Waals surface area contributed by atoms with E-state index in [1.165, 1.54) is 13.3 Å². The van der Waals surface area contributed by atoms with Gasteiger partial charge in [-0.25, -0.2) is 10.3 Å². The standard InChI is InChI=1S/C36H47N3O8/c1-21(2)8-11-26-27(40)13-23(14-29(26)46-20-25(39-37)18-38-19-32(42)45-7)10-9-22-12-24-16-31-35(3,4)34(43)28(41)17-36(31,5)47-33(24)30(15-22)44-6/h8-10,12-15,18,28,31,34,37-38,40-41,43H,11,16-17,19-20H2,1-7H3/p+1/b10-9+,25-18-,39-37?/t28-,31-,34-,36-/m1/s1. The third-order valence-corrected chi connectivity index (χ3v) is 9.24. The molecule has 0 bridgehead atoms. The minimum Gasteiger partial charge on any atom is -0.507 e. The van der Waals surface area contributed by atoms with Crippen LogP contribution in [0.1, 0.15) is 63.3 Å². The monoisotopic (exact) mass is 650 g/mol. The second kappa shape index (κ2) is 14.7. The van der Waals surface area contributed by atoms with Gasteiger partial charge in [-0.2, -0.15) is 5.11 Å². The molecule has 4 atom stereocenters. The molecule has 1 aliphatic heterocycles. The molecule has 11 heteroatoms. The first kappa shape index (κ1) is 35.7. The number of quaternary nitrogens is 1. The number of hydrogen-bond donors (Lipinski definition) is 5. The van der Waals surface area contributed by atoms with Crippen LogP contribution in [0.4, 0.5) is 0 Å². The molecule has 0 radical (unpaired) electrons. The van der Waals surface area contributed by atoms with Gasteiger partial charge in [-0.05, 0) is 74.6 Å². The van der Waals surface area contributed by atoms with Crippen molar-refractivity contribution in [1.82, 2.24) is 0 Å². The number of nitrogens with zero attached hydrogens (tertiary/aromatic N) is 1. The fraction of sp³-hybridized carbons (Fsp3) is 0.472. The number of benzene rings is 2. The van der Waals surface area contributed by atoms with E-state index in [0.717, 1.165) is 16.7 Å². The molecule has 0 aromatic heterocycles. The van der Waals surface area contributed by atoms with Crippen LogP contribution in [-0.4, -0.2) is 66.5 Å². The predicted octanol–water partition coefficient (Wildman–Crippen LogP) is 4.53. The molecule has 0 spiro atoms. The third kappa shape index (κ3) is 8.04. The van der Waals surface area contributed by atoms with Crippen LogP contribution in [0.3, 0.4) is 0 Å². The van der Waals surface area contributed by atoms with Crippen molar-refractivity contribution in [1.29, 1.82) is 5.53 Å². The van der Waals surface area contributed by atoms with Crippen LogP contribution in [0.25, 0.3) is 12.2 Å². The lowest BCUT2D eigenvalue weighted by molar-refractivity contribution is -0.578. The first-order valence-corrected chi connectivity index (χ1v) is 15.7. The van der Waals surface area contributed by atoms with Crippen molar-refractivity contribution in [3.8, 4) is 23.0 Å². The number of aliphatic hydroxyl groups is 2. The number of esters is 1. The van der Waals surface area contributed by atoms with Crippen LogP contribution in [-0.2, 0) is 22.4 Å². The summed E-state index contributed by atoms with van der Waals surface area (Å²) in [5.74, 6) is 1.29. The van der Waals surface area contributed by atoms with Crippen LogP contribution in [0.2, 0.25) is 0 Å². The first-order chi connectivity index (χ1) is 22.2. The lowest BCUT2D eigenvalue weighted by Crippen LogP contribution is -2.80. The fourth-order valence-electron chi connectivity index (χ4n) is 6.63. The van der Waals surface area contributed by atoms with Crippen molar-refractivity contribution in [3.63, 3.8) is 0 Å². The molecule has 254 valence electrons. The lowest BCUT2D eigenvalue weighted by atomic mass is 9.57. The summed E-state index contributed by atoms with van der Waals surface area (Å²) in [6, 6.07) is 7.43. The summed E-state index contributed by atoms with van der Waals surface area (Å²) in [4.78, 5) is 11.4. The minimum atomic E-state index is -0.881. The average molecular weight is 651 g/mol. The highest BCUT2D eigenvalue weighted by Gasteiger charge is 2.58. The molecule has 1 heterocycles. The Kier molecular flexibility index (Phi) is 11.2. The largest absolute Gasteiger partial charge is 0.507 e. The van der Waals surface area contributed by atoms with Gasteiger partial charge in [-0.15, -0.1) is 0 Å². The zero-order valence-electron chi connectivity index (χ0n) is 28.3. The highest BCUT2D eigenvalue weighted by atomic mass is 16.5. The number of hydrogen-bond acceptors (Lipinski definition) is 10. The van der Waals surface area contributed by atoms with Gasteiger partial charge in [0, 0.05) is 23.3 Å². The van der Waals surface area contributed by atoms with Crippen LogP contribution >= 0.6 is 0 Å². The van der Waals surface area contributed by atoms with Crippen LogP contribution in [0.5, 0.6) is 23.0 Å². The molecule has 1 saturated carbocycles. The van der Waals surface area contributed by atoms with Gasteiger partial charge in [-0.3, -0.25) is 0 Å². The molecular formula is C36H48N3O8+. The summed E-state index contributed by atoms with van der Waals surface area (Å²) < 4.78 is 23.0. The van der Waals surface area contributed by atoms with Crippen molar-refractivity contribution in [2.45, 2.75) is 71.7 Å². The number of rotatable bonds is 12. The quantitative estimate of drug-likeness (QED) is 0.0967. The molecule has 2 aliphatic rings. The molecule has 11 nitrogen and oxygen atoms in total. The Morgan fingerprint density at radius 1 is 1.11 bits per heavy atom. The number of fused-ring (bicyclic) bond motifs is 2. The molecule has 0 saturated heterocycles. The van der Waals surface area contributed by atoms with Gasteiger partial charge < -0.3 is 39.6 Å². The van der Waals surface area contributed by atoms with Crippen LogP contribution < -0.4 is 19.5 Å². The van der Waals surface area contributed by atoms with Gasteiger partial charge >= 0.3 is 5.97 Å². The Bertz CT molecular complexity index is 1580. The third-order valence-electron chi connectivity index (χ3n) is 9.24. The Morgan fingerprint density at radius 3 is 2.43 bits per heavy atom. The van der Waals surface area contributed by atoms with Gasteiger partial charge in [-0.1, -0.05) is 37.6 Å². The second-order valence-corrected chi connectivity index (χ2v) is 13.3. The van der Waals surface area contributed by atoms with Gasteiger partial charge in [0.2, 0.25) is 0 Å². The van der Waals surface area contributed by atoms with E-state index >= 15 is 0 Å². The van der Waals surface area contributed by atoms with E-state index in [1.807, 2.05) is 71.0 Å². The first-order valence-electron chi connectivity index (χ1n) is 15.7. The zero-order chi connectivity index (χ0) is 34.5. The minimum absolute atomic E-state index is 0.0395. The van der Waals surface area contributed by atoms with Gasteiger partial charge in [0.05, 0.1) is 26.4 Å². The Morgan fingerprint density at radius 2 is 1.79 bits per heavy atom. The summed E-state index contributed by atoms with van der Waals surface area (Å²) in [5, 5.41) is 37.6. The Labute approximate surface area is 276 Å². The summed E-state index contributed by atoms with van der Waals surface area (Å²) >= 11 is 0. The number of ether oxygens (including phenoxy) is 4. The number of nitrogens with two attached hydrogens (primary N) is 1. The van der Waals surface area contributed by atoms with Crippen molar-refractivity contribution < 1.29 is 44.4 Å². The Balaban J connectivity index is 1.64. The van der Waals surface area contributed by atoms with E-state index < -0.39 is 29.2 Å². The number of nitrogens with one attached hydrogen (secondary N) is 1. The maximum atomic E-state index is 11.4. The molecule has 6 N–H and O–H groups in total. The van der Waals surface area contributed by atoms with E-state index in [4.69, 9.17) is 19.7 Å². The number of phenolic OH excluding ortho intramolecular Hbond substituents is 1. The van der Waals surface area contributed by atoms with Crippen molar-refractivity contribution in [2.75, 3.05) is 27.4 Å². The van der Waals surface area contributed by atoms with Gasteiger partial charge in [0.15, 0.2) is 23.7 Å².